The lowest BCUT2D eigenvalue weighted by Gasteiger charge is -2.20. The Balaban J connectivity index is 1.81. The van der Waals surface area contributed by atoms with Crippen LogP contribution in [0.4, 0.5) is 4.39 Å². The molecule has 21 heavy (non-hydrogen) atoms. The first kappa shape index (κ1) is 15.3. The summed E-state index contributed by atoms with van der Waals surface area (Å²) in [7, 11) is 0. The van der Waals surface area contributed by atoms with E-state index in [2.05, 4.69) is 0 Å². The smallest absolute Gasteiger partial charge is 0.311 e. The Morgan fingerprint density at radius 1 is 1.43 bits per heavy atom. The predicted molar refractivity (Wildman–Crippen MR) is 73.5 cm³/mol. The first-order valence-corrected chi connectivity index (χ1v) is 6.81. The van der Waals surface area contributed by atoms with Gasteiger partial charge in [0.05, 0.1) is 18.4 Å². The third-order valence-electron chi connectivity index (χ3n) is 3.75. The number of carboxylic acids is 1. The maximum Gasteiger partial charge on any atom is 0.311 e. The van der Waals surface area contributed by atoms with Crippen LogP contribution < -0.4 is 4.74 Å². The average Bonchev–Trinajstić information content (AvgIpc) is 2.85. The fourth-order valence-corrected chi connectivity index (χ4v) is 2.32. The van der Waals surface area contributed by atoms with E-state index in [1.807, 2.05) is 0 Å². The van der Waals surface area contributed by atoms with Crippen LogP contribution in [-0.4, -0.2) is 41.6 Å². The average molecular weight is 295 g/mol. The number of carbonyl (C=O) groups is 2. The molecule has 1 saturated heterocycles. The highest BCUT2D eigenvalue weighted by Crippen LogP contribution is 2.30. The van der Waals surface area contributed by atoms with Gasteiger partial charge in [-0.3, -0.25) is 9.59 Å². The molecule has 0 saturated carbocycles. The molecule has 5 nitrogen and oxygen atoms in total. The molecule has 0 aliphatic carbocycles. The first-order chi connectivity index (χ1) is 9.92. The number of halogens is 1. The number of aliphatic carboxylic acids is 1. The molecule has 0 bridgehead atoms. The van der Waals surface area contributed by atoms with E-state index in [9.17, 15) is 14.0 Å². The van der Waals surface area contributed by atoms with Crippen molar-refractivity contribution in [2.45, 2.75) is 19.8 Å². The Hall–Kier alpha value is -2.11. The third-order valence-corrected chi connectivity index (χ3v) is 3.75. The van der Waals surface area contributed by atoms with Gasteiger partial charge in [-0.05, 0) is 25.5 Å². The van der Waals surface area contributed by atoms with Crippen LogP contribution in [0.25, 0.3) is 0 Å². The summed E-state index contributed by atoms with van der Waals surface area (Å²) in [6, 6.07) is 6.00. The Bertz CT molecular complexity index is 548. The molecule has 6 heteroatoms. The topological polar surface area (TPSA) is 66.8 Å². The monoisotopic (exact) mass is 295 g/mol. The molecule has 1 heterocycles. The van der Waals surface area contributed by atoms with Crippen LogP contribution >= 0.6 is 0 Å². The number of ether oxygens (including phenoxy) is 1. The van der Waals surface area contributed by atoms with Crippen molar-refractivity contribution in [1.29, 1.82) is 0 Å². The lowest BCUT2D eigenvalue weighted by molar-refractivity contribution is -0.147. The van der Waals surface area contributed by atoms with Gasteiger partial charge in [-0.2, -0.15) is 0 Å². The van der Waals surface area contributed by atoms with E-state index in [0.717, 1.165) is 0 Å². The molecule has 1 N–H and O–H groups in total. The van der Waals surface area contributed by atoms with Crippen LogP contribution in [0.5, 0.6) is 5.75 Å². The van der Waals surface area contributed by atoms with Crippen molar-refractivity contribution in [1.82, 2.24) is 4.90 Å². The van der Waals surface area contributed by atoms with E-state index >= 15 is 0 Å². The third kappa shape index (κ3) is 3.51. The lowest BCUT2D eigenvalue weighted by Crippen LogP contribution is -2.35. The van der Waals surface area contributed by atoms with Crippen LogP contribution in [-0.2, 0) is 9.59 Å². The maximum absolute atomic E-state index is 13.3. The molecular weight excluding hydrogens is 277 g/mol. The minimum atomic E-state index is -0.889. The zero-order valence-electron chi connectivity index (χ0n) is 11.8. The van der Waals surface area contributed by atoms with Crippen LogP contribution in [0.1, 0.15) is 19.8 Å². The quantitative estimate of drug-likeness (QED) is 0.901. The SMILES string of the molecule is C[C@@]1(C(=O)O)CCN(C(=O)CCOc2ccccc2F)C1. The number of nitrogens with zero attached hydrogens (tertiary/aromatic N) is 1. The molecule has 114 valence electrons. The Labute approximate surface area is 122 Å². The molecule has 1 aromatic carbocycles. The molecule has 0 aromatic heterocycles. The number of rotatable bonds is 5. The number of likely N-dealkylation sites (tertiary alicyclic amines) is 1. The van der Waals surface area contributed by atoms with Crippen molar-refractivity contribution in [3.8, 4) is 5.75 Å². The van der Waals surface area contributed by atoms with E-state index < -0.39 is 17.2 Å². The first-order valence-electron chi connectivity index (χ1n) is 6.81. The highest BCUT2D eigenvalue weighted by Gasteiger charge is 2.41. The van der Waals surface area contributed by atoms with E-state index in [-0.39, 0.29) is 31.2 Å². The van der Waals surface area contributed by atoms with Gasteiger partial charge >= 0.3 is 5.97 Å². The number of benzene rings is 1. The maximum atomic E-state index is 13.3. The van der Waals surface area contributed by atoms with Gasteiger partial charge in [0, 0.05) is 13.1 Å². The van der Waals surface area contributed by atoms with Gasteiger partial charge in [0.1, 0.15) is 0 Å². The minimum Gasteiger partial charge on any atom is -0.490 e. The number of carboxylic acid groups (broad SMARTS) is 1. The van der Waals surface area contributed by atoms with Crippen LogP contribution in [0.2, 0.25) is 0 Å². The van der Waals surface area contributed by atoms with Gasteiger partial charge in [0.15, 0.2) is 11.6 Å². The second kappa shape index (κ2) is 6.11. The van der Waals surface area contributed by atoms with E-state index in [4.69, 9.17) is 9.84 Å². The van der Waals surface area contributed by atoms with Gasteiger partial charge in [0.25, 0.3) is 0 Å². The number of carbonyl (C=O) groups excluding carboxylic acids is 1. The van der Waals surface area contributed by atoms with Crippen LogP contribution in [0.15, 0.2) is 24.3 Å². The number of hydrogen-bond donors (Lipinski definition) is 1. The molecule has 1 atom stereocenters. The molecule has 0 radical (unpaired) electrons. The summed E-state index contributed by atoms with van der Waals surface area (Å²) in [5.74, 6) is -1.41. The van der Waals surface area contributed by atoms with E-state index in [1.54, 1.807) is 19.1 Å². The summed E-state index contributed by atoms with van der Waals surface area (Å²) >= 11 is 0. The van der Waals surface area contributed by atoms with Crippen molar-refractivity contribution in [3.05, 3.63) is 30.1 Å². The number of hydrogen-bond acceptors (Lipinski definition) is 3. The molecule has 2 rings (SSSR count). The summed E-state index contributed by atoms with van der Waals surface area (Å²) in [5, 5.41) is 9.12. The summed E-state index contributed by atoms with van der Waals surface area (Å²) in [4.78, 5) is 24.6. The summed E-state index contributed by atoms with van der Waals surface area (Å²) in [6.07, 6.45) is 0.548. The Kier molecular flexibility index (Phi) is 4.45. The highest BCUT2D eigenvalue weighted by atomic mass is 19.1. The van der Waals surface area contributed by atoms with Gasteiger partial charge < -0.3 is 14.7 Å². The normalized spacial score (nSPS) is 21.3. The van der Waals surface area contributed by atoms with Gasteiger partial charge in [-0.1, -0.05) is 12.1 Å². The molecular formula is C15H18FNO4. The van der Waals surface area contributed by atoms with Crippen molar-refractivity contribution in [2.75, 3.05) is 19.7 Å². The molecule has 1 amide bonds. The molecule has 1 aliphatic rings. The second-order valence-corrected chi connectivity index (χ2v) is 5.46. The summed E-state index contributed by atoms with van der Waals surface area (Å²) in [5.41, 5.74) is -0.873. The van der Waals surface area contributed by atoms with Gasteiger partial charge in [-0.15, -0.1) is 0 Å². The minimum absolute atomic E-state index is 0.0695. The lowest BCUT2D eigenvalue weighted by atomic mass is 9.90. The largest absolute Gasteiger partial charge is 0.490 e. The number of amides is 1. The number of para-hydroxylation sites is 1. The standard InChI is InChI=1S/C15H18FNO4/c1-15(14(19)20)7-8-17(10-15)13(18)6-9-21-12-5-3-2-4-11(12)16/h2-5H,6-10H2,1H3,(H,19,20)/t15-/m1/s1. The van der Waals surface area contributed by atoms with Gasteiger partial charge in [-0.25, -0.2) is 4.39 Å². The fourth-order valence-electron chi connectivity index (χ4n) is 2.32. The Morgan fingerprint density at radius 3 is 2.76 bits per heavy atom. The highest BCUT2D eigenvalue weighted by molar-refractivity contribution is 5.80. The van der Waals surface area contributed by atoms with Crippen LogP contribution in [0.3, 0.4) is 0 Å². The van der Waals surface area contributed by atoms with Crippen molar-refractivity contribution < 1.29 is 23.8 Å². The Morgan fingerprint density at radius 2 is 2.14 bits per heavy atom. The molecule has 0 spiro atoms. The van der Waals surface area contributed by atoms with Crippen molar-refractivity contribution in [2.24, 2.45) is 5.41 Å². The summed E-state index contributed by atoms with van der Waals surface area (Å²) in [6.45, 7) is 2.35. The van der Waals surface area contributed by atoms with E-state index in [0.29, 0.717) is 13.0 Å². The molecule has 1 fully saturated rings. The van der Waals surface area contributed by atoms with Crippen molar-refractivity contribution >= 4 is 11.9 Å². The van der Waals surface area contributed by atoms with Crippen LogP contribution in [0, 0.1) is 11.2 Å². The zero-order valence-corrected chi connectivity index (χ0v) is 11.8. The predicted octanol–water partition coefficient (Wildman–Crippen LogP) is 1.92. The molecule has 0 unspecified atom stereocenters. The van der Waals surface area contributed by atoms with E-state index in [1.165, 1.54) is 17.0 Å². The zero-order chi connectivity index (χ0) is 15.5. The summed E-state index contributed by atoms with van der Waals surface area (Å²) < 4.78 is 18.5. The van der Waals surface area contributed by atoms with Gasteiger partial charge in [0.2, 0.25) is 5.91 Å². The molecule has 1 aromatic rings. The molecule has 1 aliphatic heterocycles. The fraction of sp³-hybridized carbons (Fsp3) is 0.467. The second-order valence-electron chi connectivity index (χ2n) is 5.46. The van der Waals surface area contributed by atoms with Crippen molar-refractivity contribution in [3.63, 3.8) is 0 Å².